The van der Waals surface area contributed by atoms with Gasteiger partial charge in [0, 0.05) is 30.3 Å². The number of amides is 2. The first-order valence-corrected chi connectivity index (χ1v) is 7.31. The van der Waals surface area contributed by atoms with Gasteiger partial charge >= 0.3 is 0 Å². The van der Waals surface area contributed by atoms with Crippen molar-refractivity contribution in [3.63, 3.8) is 0 Å². The number of carbonyl (C=O) groups is 2. The van der Waals surface area contributed by atoms with E-state index in [2.05, 4.69) is 10.6 Å². The fourth-order valence-electron chi connectivity index (χ4n) is 1.94. The lowest BCUT2D eigenvalue weighted by Gasteiger charge is -2.05. The average Bonchev–Trinajstić information content (AvgIpc) is 2.59. The van der Waals surface area contributed by atoms with Crippen molar-refractivity contribution >= 4 is 17.9 Å². The minimum absolute atomic E-state index is 0.196. The smallest absolute Gasteiger partial charge is 0.251 e. The van der Waals surface area contributed by atoms with E-state index in [9.17, 15) is 18.4 Å². The molecule has 0 spiro atoms. The molecule has 6 heteroatoms. The van der Waals surface area contributed by atoms with Crippen LogP contribution in [0.5, 0.6) is 0 Å². The Kier molecular flexibility index (Phi) is 6.19. The van der Waals surface area contributed by atoms with Crippen molar-refractivity contribution in [1.29, 1.82) is 0 Å². The summed E-state index contributed by atoms with van der Waals surface area (Å²) in [6.45, 7) is 0.433. The van der Waals surface area contributed by atoms with Gasteiger partial charge in [-0.25, -0.2) is 8.78 Å². The lowest BCUT2D eigenvalue weighted by Crippen LogP contribution is -2.33. The molecular weight excluding hydrogens is 314 g/mol. The molecule has 2 N–H and O–H groups in total. The highest BCUT2D eigenvalue weighted by molar-refractivity contribution is 5.94. The Balaban J connectivity index is 1.76. The number of carbonyl (C=O) groups excluding carboxylic acids is 2. The number of rotatable bonds is 6. The molecule has 24 heavy (non-hydrogen) atoms. The Morgan fingerprint density at radius 1 is 0.875 bits per heavy atom. The largest absolute Gasteiger partial charge is 0.351 e. The molecule has 0 aromatic heterocycles. The van der Waals surface area contributed by atoms with Gasteiger partial charge < -0.3 is 10.6 Å². The first-order valence-electron chi connectivity index (χ1n) is 7.31. The summed E-state index contributed by atoms with van der Waals surface area (Å²) in [7, 11) is 0. The van der Waals surface area contributed by atoms with Gasteiger partial charge in [0.2, 0.25) is 5.91 Å². The summed E-state index contributed by atoms with van der Waals surface area (Å²) in [5, 5.41) is 5.16. The van der Waals surface area contributed by atoms with E-state index in [1.165, 1.54) is 6.07 Å². The van der Waals surface area contributed by atoms with Gasteiger partial charge in [0.1, 0.15) is 11.6 Å². The Hall–Kier alpha value is -3.02. The lowest BCUT2D eigenvalue weighted by molar-refractivity contribution is -0.116. The summed E-state index contributed by atoms with van der Waals surface area (Å²) in [6, 6.07) is 12.1. The second kappa shape index (κ2) is 8.57. The van der Waals surface area contributed by atoms with Gasteiger partial charge in [-0.3, -0.25) is 9.59 Å². The van der Waals surface area contributed by atoms with Gasteiger partial charge in [0.25, 0.3) is 5.91 Å². The van der Waals surface area contributed by atoms with E-state index in [4.69, 9.17) is 0 Å². The summed E-state index contributed by atoms with van der Waals surface area (Å²) in [5.41, 5.74) is 0.254. The first kappa shape index (κ1) is 17.3. The molecule has 0 atom stereocenters. The molecule has 0 heterocycles. The normalized spacial score (nSPS) is 10.6. The predicted octanol–water partition coefficient (Wildman–Crippen LogP) is 2.52. The third kappa shape index (κ3) is 5.01. The number of nitrogens with one attached hydrogen (secondary N) is 2. The van der Waals surface area contributed by atoms with Crippen LogP contribution in [0.15, 0.2) is 54.6 Å². The van der Waals surface area contributed by atoms with Gasteiger partial charge in [0.15, 0.2) is 0 Å². The van der Waals surface area contributed by atoms with Crippen LogP contribution in [0.25, 0.3) is 6.08 Å². The summed E-state index contributed by atoms with van der Waals surface area (Å²) in [5.74, 6) is -2.23. The lowest BCUT2D eigenvalue weighted by atomic mass is 10.2. The minimum Gasteiger partial charge on any atom is -0.351 e. The summed E-state index contributed by atoms with van der Waals surface area (Å²) in [6.07, 6.45) is 2.11. The zero-order valence-electron chi connectivity index (χ0n) is 12.8. The highest BCUT2D eigenvalue weighted by Crippen LogP contribution is 2.13. The fraction of sp³-hybridized carbons (Fsp3) is 0.111. The van der Waals surface area contributed by atoms with Gasteiger partial charge in [0.05, 0.1) is 0 Å². The maximum atomic E-state index is 13.4. The Morgan fingerprint density at radius 3 is 2.17 bits per heavy atom. The van der Waals surface area contributed by atoms with Crippen LogP contribution in [-0.4, -0.2) is 24.9 Å². The zero-order chi connectivity index (χ0) is 17.4. The number of hydrogen-bond donors (Lipinski definition) is 2. The summed E-state index contributed by atoms with van der Waals surface area (Å²) in [4.78, 5) is 23.4. The van der Waals surface area contributed by atoms with Crippen molar-refractivity contribution < 1.29 is 18.4 Å². The fourth-order valence-corrected chi connectivity index (χ4v) is 1.94. The maximum Gasteiger partial charge on any atom is 0.251 e. The monoisotopic (exact) mass is 330 g/mol. The standard InChI is InChI=1S/C18H16F2N2O2/c19-15-7-4-8-16(20)14(15)9-10-17(23)21-11-12-22-18(24)13-5-2-1-3-6-13/h1-10H,11-12H2,(H,21,23)(H,22,24). The van der Waals surface area contributed by atoms with Gasteiger partial charge in [-0.05, 0) is 30.3 Å². The van der Waals surface area contributed by atoms with E-state index in [-0.39, 0.29) is 24.6 Å². The molecule has 0 fully saturated rings. The zero-order valence-corrected chi connectivity index (χ0v) is 12.8. The van der Waals surface area contributed by atoms with Crippen molar-refractivity contribution in [2.75, 3.05) is 13.1 Å². The SMILES string of the molecule is O=C(C=Cc1c(F)cccc1F)NCCNC(=O)c1ccccc1. The predicted molar refractivity (Wildman–Crippen MR) is 87.2 cm³/mol. The van der Waals surface area contributed by atoms with E-state index < -0.39 is 17.5 Å². The molecule has 2 rings (SSSR count). The number of hydrogen-bond acceptors (Lipinski definition) is 2. The van der Waals surface area contributed by atoms with Crippen LogP contribution in [0.2, 0.25) is 0 Å². The van der Waals surface area contributed by atoms with Crippen LogP contribution in [0.3, 0.4) is 0 Å². The van der Waals surface area contributed by atoms with E-state index in [1.54, 1.807) is 24.3 Å². The van der Waals surface area contributed by atoms with Crippen molar-refractivity contribution in [3.05, 3.63) is 77.4 Å². The maximum absolute atomic E-state index is 13.4. The van der Waals surface area contributed by atoms with Crippen molar-refractivity contribution in [1.82, 2.24) is 10.6 Å². The van der Waals surface area contributed by atoms with Gasteiger partial charge in [-0.2, -0.15) is 0 Å². The van der Waals surface area contributed by atoms with E-state index in [1.807, 2.05) is 6.07 Å². The summed E-state index contributed by atoms with van der Waals surface area (Å²) < 4.78 is 26.8. The molecule has 2 amide bonds. The van der Waals surface area contributed by atoms with Crippen LogP contribution >= 0.6 is 0 Å². The molecule has 2 aromatic carbocycles. The van der Waals surface area contributed by atoms with Crippen LogP contribution in [0, 0.1) is 11.6 Å². The van der Waals surface area contributed by atoms with Gasteiger partial charge in [-0.15, -0.1) is 0 Å². The molecule has 124 valence electrons. The minimum atomic E-state index is -0.742. The van der Waals surface area contributed by atoms with Crippen LogP contribution < -0.4 is 10.6 Å². The van der Waals surface area contributed by atoms with Crippen molar-refractivity contribution in [3.8, 4) is 0 Å². The highest BCUT2D eigenvalue weighted by atomic mass is 19.1. The quantitative estimate of drug-likeness (QED) is 0.632. The highest BCUT2D eigenvalue weighted by Gasteiger charge is 2.06. The van der Waals surface area contributed by atoms with Crippen LogP contribution in [0.4, 0.5) is 8.78 Å². The summed E-state index contributed by atoms with van der Waals surface area (Å²) >= 11 is 0. The van der Waals surface area contributed by atoms with Crippen molar-refractivity contribution in [2.24, 2.45) is 0 Å². The molecule has 0 saturated carbocycles. The average molecular weight is 330 g/mol. The Morgan fingerprint density at radius 2 is 1.50 bits per heavy atom. The Labute approximate surface area is 138 Å². The third-order valence-electron chi connectivity index (χ3n) is 3.15. The second-order valence-electron chi connectivity index (χ2n) is 4.88. The van der Waals surface area contributed by atoms with Crippen molar-refractivity contribution in [2.45, 2.75) is 0 Å². The second-order valence-corrected chi connectivity index (χ2v) is 4.88. The molecule has 0 saturated heterocycles. The van der Waals surface area contributed by atoms with Gasteiger partial charge in [-0.1, -0.05) is 24.3 Å². The Bertz CT molecular complexity index is 726. The van der Waals surface area contributed by atoms with Crippen LogP contribution in [-0.2, 0) is 4.79 Å². The molecule has 4 nitrogen and oxygen atoms in total. The molecule has 0 radical (unpaired) electrons. The molecule has 2 aromatic rings. The number of benzene rings is 2. The third-order valence-corrected chi connectivity index (χ3v) is 3.15. The molecule has 0 unspecified atom stereocenters. The molecular formula is C18H16F2N2O2. The molecule has 0 bridgehead atoms. The van der Waals surface area contributed by atoms with Crippen LogP contribution in [0.1, 0.15) is 15.9 Å². The number of halogens is 2. The van der Waals surface area contributed by atoms with E-state index >= 15 is 0 Å². The molecule has 0 aliphatic heterocycles. The van der Waals surface area contributed by atoms with E-state index in [0.717, 1.165) is 24.3 Å². The molecule has 0 aliphatic carbocycles. The first-order chi connectivity index (χ1) is 11.6. The topological polar surface area (TPSA) is 58.2 Å². The molecule has 0 aliphatic rings. The van der Waals surface area contributed by atoms with E-state index in [0.29, 0.717) is 5.56 Å².